The first-order valence-electron chi connectivity index (χ1n) is 7.57. The predicted molar refractivity (Wildman–Crippen MR) is 80.8 cm³/mol. The largest absolute Gasteiger partial charge is 0.468 e. The minimum absolute atomic E-state index is 0.199. The van der Waals surface area contributed by atoms with Crippen molar-refractivity contribution in [1.29, 1.82) is 0 Å². The molecule has 0 aliphatic carbocycles. The van der Waals surface area contributed by atoms with Crippen molar-refractivity contribution in [3.05, 3.63) is 18.2 Å². The van der Waals surface area contributed by atoms with Crippen LogP contribution in [0.15, 0.2) is 12.4 Å². The third-order valence-electron chi connectivity index (χ3n) is 4.30. The Labute approximate surface area is 126 Å². The maximum absolute atomic E-state index is 12.1. The van der Waals surface area contributed by atoms with E-state index in [1.165, 1.54) is 7.11 Å². The van der Waals surface area contributed by atoms with Crippen LogP contribution in [-0.4, -0.2) is 52.2 Å². The van der Waals surface area contributed by atoms with Crippen LogP contribution in [0, 0.1) is 0 Å². The van der Waals surface area contributed by atoms with Crippen LogP contribution in [0.1, 0.15) is 33.0 Å². The Hall–Kier alpha value is -1.40. The molecule has 0 saturated carbocycles. The number of aromatic nitrogens is 2. The van der Waals surface area contributed by atoms with E-state index in [2.05, 4.69) is 26.7 Å². The fraction of sp³-hybridized carbons (Fsp3) is 0.733. The van der Waals surface area contributed by atoms with E-state index in [9.17, 15) is 4.79 Å². The zero-order chi connectivity index (χ0) is 15.5. The lowest BCUT2D eigenvalue weighted by Crippen LogP contribution is -2.54. The highest BCUT2D eigenvalue weighted by Crippen LogP contribution is 2.21. The van der Waals surface area contributed by atoms with Crippen molar-refractivity contribution < 1.29 is 9.53 Å². The number of carbonyl (C=O) groups excluding carboxylic acids is 1. The minimum Gasteiger partial charge on any atom is -0.468 e. The maximum Gasteiger partial charge on any atom is 0.325 e. The predicted octanol–water partition coefficient (Wildman–Crippen LogP) is 1.02. The molecule has 2 heterocycles. The van der Waals surface area contributed by atoms with Gasteiger partial charge in [0.1, 0.15) is 11.4 Å². The third kappa shape index (κ3) is 3.44. The SMILES string of the molecule is CCNC(C)(CC(C)N1CCn2ccnc2C1)C(=O)OC. The van der Waals surface area contributed by atoms with Crippen LogP contribution in [0.4, 0.5) is 0 Å². The Bertz CT molecular complexity index is 488. The van der Waals surface area contributed by atoms with E-state index in [-0.39, 0.29) is 12.0 Å². The number of fused-ring (bicyclic) bond motifs is 1. The standard InChI is InChI=1S/C15H26N4O2/c1-5-17-15(3,14(20)21-4)10-12(2)19-9-8-18-7-6-16-13(18)11-19/h6-7,12,17H,5,8-11H2,1-4H3. The van der Waals surface area contributed by atoms with Crippen LogP contribution in [0.3, 0.4) is 0 Å². The first kappa shape index (κ1) is 16.0. The van der Waals surface area contributed by atoms with E-state index in [4.69, 9.17) is 4.74 Å². The summed E-state index contributed by atoms with van der Waals surface area (Å²) >= 11 is 0. The molecule has 0 amide bonds. The van der Waals surface area contributed by atoms with E-state index in [1.807, 2.05) is 26.2 Å². The summed E-state index contributed by atoms with van der Waals surface area (Å²) in [4.78, 5) is 18.8. The molecule has 6 nitrogen and oxygen atoms in total. The monoisotopic (exact) mass is 294 g/mol. The number of imidazole rings is 1. The molecular weight excluding hydrogens is 268 g/mol. The molecule has 1 aromatic rings. The van der Waals surface area contributed by atoms with Gasteiger partial charge < -0.3 is 14.6 Å². The van der Waals surface area contributed by atoms with Gasteiger partial charge in [0, 0.05) is 31.5 Å². The molecule has 2 atom stereocenters. The van der Waals surface area contributed by atoms with Gasteiger partial charge in [0.15, 0.2) is 0 Å². The molecule has 2 rings (SSSR count). The van der Waals surface area contributed by atoms with E-state index < -0.39 is 5.54 Å². The van der Waals surface area contributed by atoms with E-state index in [0.717, 1.165) is 32.0 Å². The van der Waals surface area contributed by atoms with Crippen LogP contribution < -0.4 is 5.32 Å². The zero-order valence-electron chi connectivity index (χ0n) is 13.4. The summed E-state index contributed by atoms with van der Waals surface area (Å²) in [6.07, 6.45) is 4.59. The number of ether oxygens (including phenoxy) is 1. The third-order valence-corrected chi connectivity index (χ3v) is 4.30. The molecule has 2 unspecified atom stereocenters. The topological polar surface area (TPSA) is 59.4 Å². The molecule has 0 radical (unpaired) electrons. The van der Waals surface area contributed by atoms with Crippen molar-refractivity contribution in [2.45, 2.75) is 51.9 Å². The first-order valence-corrected chi connectivity index (χ1v) is 7.57. The molecule has 0 aromatic carbocycles. The Morgan fingerprint density at radius 2 is 2.33 bits per heavy atom. The summed E-state index contributed by atoms with van der Waals surface area (Å²) in [5, 5.41) is 3.27. The molecule has 0 spiro atoms. The lowest BCUT2D eigenvalue weighted by atomic mass is 9.92. The van der Waals surface area contributed by atoms with Crippen molar-refractivity contribution in [1.82, 2.24) is 19.8 Å². The van der Waals surface area contributed by atoms with Gasteiger partial charge in [-0.05, 0) is 26.8 Å². The molecule has 0 saturated heterocycles. The van der Waals surface area contributed by atoms with E-state index >= 15 is 0 Å². The van der Waals surface area contributed by atoms with Crippen LogP contribution in [0.25, 0.3) is 0 Å². The molecule has 1 N–H and O–H groups in total. The quantitative estimate of drug-likeness (QED) is 0.794. The normalized spacial score (nSPS) is 19.6. The highest BCUT2D eigenvalue weighted by atomic mass is 16.5. The van der Waals surface area contributed by atoms with Crippen molar-refractivity contribution in [3.63, 3.8) is 0 Å². The average molecular weight is 294 g/mol. The summed E-state index contributed by atoms with van der Waals surface area (Å²) in [6, 6.07) is 0.276. The highest BCUT2D eigenvalue weighted by molar-refractivity contribution is 5.80. The Kier molecular flexibility index (Phi) is 5.00. The molecule has 1 aliphatic rings. The van der Waals surface area contributed by atoms with E-state index in [1.54, 1.807) is 0 Å². The summed E-state index contributed by atoms with van der Waals surface area (Å²) in [6.45, 7) is 9.59. The number of hydrogen-bond donors (Lipinski definition) is 1. The minimum atomic E-state index is -0.643. The van der Waals surface area contributed by atoms with Gasteiger partial charge in [-0.1, -0.05) is 6.92 Å². The summed E-state index contributed by atoms with van der Waals surface area (Å²) in [5.74, 6) is 0.894. The Balaban J connectivity index is 2.03. The van der Waals surface area contributed by atoms with Gasteiger partial charge in [0.05, 0.1) is 13.7 Å². The van der Waals surface area contributed by atoms with Crippen LogP contribution >= 0.6 is 0 Å². The number of nitrogens with one attached hydrogen (secondary N) is 1. The van der Waals surface area contributed by atoms with E-state index in [0.29, 0.717) is 6.42 Å². The summed E-state index contributed by atoms with van der Waals surface area (Å²) < 4.78 is 7.15. The number of nitrogens with zero attached hydrogens (tertiary/aromatic N) is 3. The van der Waals surface area contributed by atoms with Gasteiger partial charge in [-0.2, -0.15) is 0 Å². The Morgan fingerprint density at radius 1 is 1.57 bits per heavy atom. The first-order chi connectivity index (χ1) is 10.00. The van der Waals surface area contributed by atoms with Gasteiger partial charge in [-0.25, -0.2) is 4.98 Å². The highest BCUT2D eigenvalue weighted by Gasteiger charge is 2.37. The zero-order valence-corrected chi connectivity index (χ0v) is 13.4. The van der Waals surface area contributed by atoms with Crippen molar-refractivity contribution >= 4 is 5.97 Å². The molecular formula is C15H26N4O2. The van der Waals surface area contributed by atoms with Crippen LogP contribution in [0.5, 0.6) is 0 Å². The van der Waals surface area contributed by atoms with Crippen molar-refractivity contribution in [2.75, 3.05) is 20.2 Å². The molecule has 6 heteroatoms. The molecule has 1 aromatic heterocycles. The number of rotatable bonds is 6. The van der Waals surface area contributed by atoms with Gasteiger partial charge in [0.2, 0.25) is 0 Å². The van der Waals surface area contributed by atoms with Crippen LogP contribution in [-0.2, 0) is 22.6 Å². The number of carbonyl (C=O) groups is 1. The maximum atomic E-state index is 12.1. The molecule has 0 bridgehead atoms. The second-order valence-corrected chi connectivity index (χ2v) is 5.91. The van der Waals surface area contributed by atoms with Gasteiger partial charge in [-0.3, -0.25) is 9.69 Å². The smallest absolute Gasteiger partial charge is 0.325 e. The molecule has 1 aliphatic heterocycles. The summed E-state index contributed by atoms with van der Waals surface area (Å²) in [7, 11) is 1.44. The second kappa shape index (κ2) is 6.58. The van der Waals surface area contributed by atoms with Gasteiger partial charge in [0.25, 0.3) is 0 Å². The lowest BCUT2D eigenvalue weighted by molar-refractivity contribution is -0.148. The molecule has 118 valence electrons. The second-order valence-electron chi connectivity index (χ2n) is 5.91. The van der Waals surface area contributed by atoms with Crippen LogP contribution in [0.2, 0.25) is 0 Å². The lowest BCUT2D eigenvalue weighted by Gasteiger charge is -2.37. The number of methoxy groups -OCH3 is 1. The molecule has 21 heavy (non-hydrogen) atoms. The molecule has 0 fully saturated rings. The Morgan fingerprint density at radius 3 is 3.00 bits per heavy atom. The van der Waals surface area contributed by atoms with Gasteiger partial charge in [-0.15, -0.1) is 0 Å². The number of hydrogen-bond acceptors (Lipinski definition) is 5. The summed E-state index contributed by atoms with van der Waals surface area (Å²) in [5.41, 5.74) is -0.643. The van der Waals surface area contributed by atoms with Gasteiger partial charge >= 0.3 is 5.97 Å². The fourth-order valence-electron chi connectivity index (χ4n) is 3.13. The fourth-order valence-corrected chi connectivity index (χ4v) is 3.13. The van der Waals surface area contributed by atoms with Crippen molar-refractivity contribution in [2.24, 2.45) is 0 Å². The average Bonchev–Trinajstić information content (AvgIpc) is 2.93. The van der Waals surface area contributed by atoms with Crippen molar-refractivity contribution in [3.8, 4) is 0 Å². The number of esters is 1. The number of likely N-dealkylation sites (N-methyl/N-ethyl adjacent to an activating group) is 1.